The third-order valence-corrected chi connectivity index (χ3v) is 5.95. The van der Waals surface area contributed by atoms with Crippen LogP contribution in [0.5, 0.6) is 5.75 Å². The Balaban J connectivity index is 1.92. The highest BCUT2D eigenvalue weighted by atomic mass is 32.2. The Labute approximate surface area is 164 Å². The number of carbonyl (C=O) groups is 1. The van der Waals surface area contributed by atoms with Crippen molar-refractivity contribution in [2.75, 3.05) is 12.4 Å². The van der Waals surface area contributed by atoms with Crippen LogP contribution in [0.3, 0.4) is 0 Å². The molecule has 0 aliphatic heterocycles. The van der Waals surface area contributed by atoms with Crippen LogP contribution in [0.15, 0.2) is 65.6 Å². The van der Waals surface area contributed by atoms with E-state index in [-0.39, 0.29) is 16.6 Å². The van der Waals surface area contributed by atoms with E-state index < -0.39 is 16.1 Å². The number of anilines is 1. The van der Waals surface area contributed by atoms with Gasteiger partial charge in [-0.15, -0.1) is 0 Å². The average Bonchev–Trinajstić information content (AvgIpc) is 2.66. The highest BCUT2D eigenvalue weighted by molar-refractivity contribution is 7.89. The van der Waals surface area contributed by atoms with Crippen LogP contribution in [0.4, 0.5) is 5.69 Å². The van der Waals surface area contributed by atoms with Crippen molar-refractivity contribution in [3.05, 3.63) is 66.2 Å². The number of rotatable bonds is 6. The molecule has 3 aromatic rings. The summed E-state index contributed by atoms with van der Waals surface area (Å²) < 4.78 is 33.7. The van der Waals surface area contributed by atoms with Crippen molar-refractivity contribution in [2.24, 2.45) is 0 Å². The van der Waals surface area contributed by atoms with Gasteiger partial charge < -0.3 is 10.1 Å². The van der Waals surface area contributed by atoms with Crippen LogP contribution in [-0.2, 0) is 14.8 Å². The highest BCUT2D eigenvalue weighted by Crippen LogP contribution is 2.29. The van der Waals surface area contributed by atoms with Crippen LogP contribution < -0.4 is 14.8 Å². The fourth-order valence-electron chi connectivity index (χ4n) is 3.12. The molecule has 28 heavy (non-hydrogen) atoms. The van der Waals surface area contributed by atoms with E-state index in [9.17, 15) is 13.2 Å². The Hall–Kier alpha value is -2.90. The van der Waals surface area contributed by atoms with Crippen molar-refractivity contribution in [2.45, 2.75) is 24.8 Å². The van der Waals surface area contributed by atoms with Gasteiger partial charge in [-0.2, -0.15) is 0 Å². The minimum atomic E-state index is -3.80. The molecular weight excluding hydrogens is 376 g/mol. The SMILES string of the molecule is COc1cc(S(=O)(=O)N[C@H](C)c2cccc3ccccc23)ccc1NC(C)=O. The van der Waals surface area contributed by atoms with Crippen molar-refractivity contribution in [3.8, 4) is 5.75 Å². The molecular formula is C21H22N2O4S. The molecule has 0 aliphatic carbocycles. The van der Waals surface area contributed by atoms with Crippen molar-refractivity contribution in [1.82, 2.24) is 4.72 Å². The average molecular weight is 398 g/mol. The summed E-state index contributed by atoms with van der Waals surface area (Å²) in [5.41, 5.74) is 1.31. The van der Waals surface area contributed by atoms with Gasteiger partial charge in [0.15, 0.2) is 0 Å². The van der Waals surface area contributed by atoms with Crippen LogP contribution in [-0.4, -0.2) is 21.4 Å². The van der Waals surface area contributed by atoms with Crippen molar-refractivity contribution < 1.29 is 17.9 Å². The first-order valence-corrected chi connectivity index (χ1v) is 10.3. The van der Waals surface area contributed by atoms with Gasteiger partial charge in [0.1, 0.15) is 5.75 Å². The van der Waals surface area contributed by atoms with Crippen LogP contribution in [0.2, 0.25) is 0 Å². The summed E-state index contributed by atoms with van der Waals surface area (Å²) in [5.74, 6) is 0.00694. The third-order valence-electron chi connectivity index (χ3n) is 4.42. The molecule has 0 radical (unpaired) electrons. The molecule has 0 fully saturated rings. The molecule has 0 aromatic heterocycles. The minimum absolute atomic E-state index is 0.0607. The van der Waals surface area contributed by atoms with Crippen molar-refractivity contribution in [3.63, 3.8) is 0 Å². The molecule has 0 saturated heterocycles. The van der Waals surface area contributed by atoms with Gasteiger partial charge in [0, 0.05) is 19.0 Å². The second-order valence-electron chi connectivity index (χ2n) is 6.45. The molecule has 0 saturated carbocycles. The summed E-state index contributed by atoms with van der Waals surface area (Å²) in [4.78, 5) is 11.3. The lowest BCUT2D eigenvalue weighted by Crippen LogP contribution is -2.27. The lowest BCUT2D eigenvalue weighted by molar-refractivity contribution is -0.114. The minimum Gasteiger partial charge on any atom is -0.495 e. The van der Waals surface area contributed by atoms with Gasteiger partial charge in [-0.1, -0.05) is 42.5 Å². The Bertz CT molecular complexity index is 1120. The number of hydrogen-bond acceptors (Lipinski definition) is 4. The summed E-state index contributed by atoms with van der Waals surface area (Å²) in [6, 6.07) is 17.6. The summed E-state index contributed by atoms with van der Waals surface area (Å²) in [6.45, 7) is 3.18. The fourth-order valence-corrected chi connectivity index (χ4v) is 4.36. The second-order valence-corrected chi connectivity index (χ2v) is 8.17. The Morgan fingerprint density at radius 2 is 1.75 bits per heavy atom. The standard InChI is InChI=1S/C21H22N2O4S/c1-14(18-10-6-8-16-7-4-5-9-19(16)18)23-28(25,26)17-11-12-20(22-15(2)24)21(13-17)27-3/h4-14,23H,1-3H3,(H,22,24)/t14-/m1/s1. The number of nitrogens with one attached hydrogen (secondary N) is 2. The largest absolute Gasteiger partial charge is 0.495 e. The number of amides is 1. The maximum absolute atomic E-state index is 12.9. The molecule has 1 atom stereocenters. The lowest BCUT2D eigenvalue weighted by atomic mass is 10.0. The predicted octanol–water partition coefficient (Wildman–Crippen LogP) is 3.85. The molecule has 3 aromatic carbocycles. The van der Waals surface area contributed by atoms with E-state index in [2.05, 4.69) is 10.0 Å². The summed E-state index contributed by atoms with van der Waals surface area (Å²) >= 11 is 0. The number of carbonyl (C=O) groups excluding carboxylic acids is 1. The number of ether oxygens (including phenoxy) is 1. The third kappa shape index (κ3) is 4.16. The van der Waals surface area contributed by atoms with E-state index in [1.165, 1.54) is 32.2 Å². The zero-order chi connectivity index (χ0) is 20.3. The zero-order valence-electron chi connectivity index (χ0n) is 15.9. The molecule has 0 heterocycles. The van der Waals surface area contributed by atoms with E-state index in [1.807, 2.05) is 49.4 Å². The number of sulfonamides is 1. The van der Waals surface area contributed by atoms with Gasteiger partial charge in [0.2, 0.25) is 15.9 Å². The molecule has 7 heteroatoms. The smallest absolute Gasteiger partial charge is 0.241 e. The zero-order valence-corrected chi connectivity index (χ0v) is 16.7. The first-order valence-electron chi connectivity index (χ1n) is 8.77. The van der Waals surface area contributed by atoms with E-state index >= 15 is 0 Å². The molecule has 3 rings (SSSR count). The topological polar surface area (TPSA) is 84.5 Å². The molecule has 146 valence electrons. The van der Waals surface area contributed by atoms with E-state index in [4.69, 9.17) is 4.74 Å². The Morgan fingerprint density at radius 1 is 1.04 bits per heavy atom. The molecule has 0 aliphatic rings. The quantitative estimate of drug-likeness (QED) is 0.661. The molecule has 0 unspecified atom stereocenters. The van der Waals surface area contributed by atoms with Gasteiger partial charge in [0.05, 0.1) is 17.7 Å². The molecule has 2 N–H and O–H groups in total. The van der Waals surface area contributed by atoms with Crippen LogP contribution >= 0.6 is 0 Å². The Morgan fingerprint density at radius 3 is 2.46 bits per heavy atom. The van der Waals surface area contributed by atoms with Gasteiger partial charge >= 0.3 is 0 Å². The monoisotopic (exact) mass is 398 g/mol. The normalized spacial score (nSPS) is 12.5. The number of fused-ring (bicyclic) bond motifs is 1. The van der Waals surface area contributed by atoms with Crippen LogP contribution in [0.25, 0.3) is 10.8 Å². The van der Waals surface area contributed by atoms with Crippen LogP contribution in [0, 0.1) is 0 Å². The number of methoxy groups -OCH3 is 1. The predicted molar refractivity (Wildman–Crippen MR) is 110 cm³/mol. The molecule has 1 amide bonds. The first-order chi connectivity index (χ1) is 13.3. The van der Waals surface area contributed by atoms with Gasteiger partial charge in [0.25, 0.3) is 0 Å². The molecule has 0 bridgehead atoms. The lowest BCUT2D eigenvalue weighted by Gasteiger charge is -2.18. The van der Waals surface area contributed by atoms with Crippen LogP contribution in [0.1, 0.15) is 25.5 Å². The number of hydrogen-bond donors (Lipinski definition) is 2. The maximum atomic E-state index is 12.9. The van der Waals surface area contributed by atoms with E-state index in [0.29, 0.717) is 5.69 Å². The van der Waals surface area contributed by atoms with E-state index in [1.54, 1.807) is 0 Å². The summed E-state index contributed by atoms with van der Waals surface area (Å²) in [6.07, 6.45) is 0. The molecule has 6 nitrogen and oxygen atoms in total. The fraction of sp³-hybridized carbons (Fsp3) is 0.190. The van der Waals surface area contributed by atoms with Gasteiger partial charge in [-0.3, -0.25) is 4.79 Å². The van der Waals surface area contributed by atoms with Crippen molar-refractivity contribution in [1.29, 1.82) is 0 Å². The second kappa shape index (κ2) is 8.00. The van der Waals surface area contributed by atoms with E-state index in [0.717, 1.165) is 16.3 Å². The van der Waals surface area contributed by atoms with Crippen molar-refractivity contribution >= 4 is 32.4 Å². The first kappa shape index (κ1) is 19.9. The van der Waals surface area contributed by atoms with Gasteiger partial charge in [-0.25, -0.2) is 13.1 Å². The maximum Gasteiger partial charge on any atom is 0.241 e. The van der Waals surface area contributed by atoms with Gasteiger partial charge in [-0.05, 0) is 35.4 Å². The summed E-state index contributed by atoms with van der Waals surface area (Å²) in [7, 11) is -2.38. The Kier molecular flexibility index (Phi) is 5.67. The molecule has 0 spiro atoms. The number of benzene rings is 3. The summed E-state index contributed by atoms with van der Waals surface area (Å²) in [5, 5.41) is 4.66. The highest BCUT2D eigenvalue weighted by Gasteiger charge is 2.21.